The zero-order valence-electron chi connectivity index (χ0n) is 15.1. The zero-order valence-corrected chi connectivity index (χ0v) is 18.3. The van der Waals surface area contributed by atoms with Gasteiger partial charge in [0.15, 0.2) is 0 Å². The lowest BCUT2D eigenvalue weighted by Gasteiger charge is -2.35. The maximum Gasteiger partial charge on any atom is 0.228 e. The van der Waals surface area contributed by atoms with Crippen molar-refractivity contribution in [2.45, 2.75) is 50.2 Å². The highest BCUT2D eigenvalue weighted by Gasteiger charge is 2.36. The van der Waals surface area contributed by atoms with Crippen molar-refractivity contribution in [1.29, 1.82) is 0 Å². The minimum absolute atomic E-state index is 0. The number of hydrogen-bond acceptors (Lipinski definition) is 4. The molecule has 8 heteroatoms. The Balaban J connectivity index is 0.00000131. The normalized spacial score (nSPS) is 23.3. The fourth-order valence-electron chi connectivity index (χ4n) is 3.97. The van der Waals surface area contributed by atoms with E-state index < -0.39 is 0 Å². The Hall–Kier alpha value is -0.850. The third kappa shape index (κ3) is 4.96. The number of likely N-dealkylation sites (N-methyl/N-ethyl adjacent to an activating group) is 1. The van der Waals surface area contributed by atoms with Crippen LogP contribution in [0.15, 0.2) is 29.6 Å². The molecule has 4 nitrogen and oxygen atoms in total. The SMILES string of the molecule is CN(C(=O)Cc1csc(-c2ccccc2Cl)n1)C1CC2CCC(C1)N2.Cl.Cl. The smallest absolute Gasteiger partial charge is 0.228 e. The monoisotopic (exact) mass is 447 g/mol. The number of nitrogens with zero attached hydrogens (tertiary/aromatic N) is 2. The predicted molar refractivity (Wildman–Crippen MR) is 116 cm³/mol. The first-order valence-electron chi connectivity index (χ1n) is 8.81. The lowest BCUT2D eigenvalue weighted by atomic mass is 9.98. The molecule has 0 spiro atoms. The Labute approximate surface area is 181 Å². The van der Waals surface area contributed by atoms with Crippen molar-refractivity contribution in [3.05, 3.63) is 40.4 Å². The van der Waals surface area contributed by atoms with Crippen molar-refractivity contribution in [3.8, 4) is 10.6 Å². The molecule has 0 radical (unpaired) electrons. The van der Waals surface area contributed by atoms with Crippen LogP contribution in [0, 0.1) is 0 Å². The highest BCUT2D eigenvalue weighted by Crippen LogP contribution is 2.31. The number of aromatic nitrogens is 1. The van der Waals surface area contributed by atoms with Crippen molar-refractivity contribution in [3.63, 3.8) is 0 Å². The Bertz CT molecular complexity index is 773. The molecule has 2 atom stereocenters. The number of halogens is 3. The fourth-order valence-corrected chi connectivity index (χ4v) is 5.11. The minimum atomic E-state index is 0. The van der Waals surface area contributed by atoms with E-state index in [1.165, 1.54) is 12.8 Å². The minimum Gasteiger partial charge on any atom is -0.342 e. The van der Waals surface area contributed by atoms with E-state index in [4.69, 9.17) is 11.6 Å². The van der Waals surface area contributed by atoms with Crippen LogP contribution in [0.3, 0.4) is 0 Å². The number of hydrogen-bond donors (Lipinski definition) is 1. The summed E-state index contributed by atoms with van der Waals surface area (Å²) >= 11 is 7.79. The van der Waals surface area contributed by atoms with Crippen molar-refractivity contribution >= 4 is 53.7 Å². The molecule has 2 fully saturated rings. The van der Waals surface area contributed by atoms with E-state index in [9.17, 15) is 4.79 Å². The van der Waals surface area contributed by atoms with E-state index in [1.54, 1.807) is 11.3 Å². The van der Waals surface area contributed by atoms with Crippen LogP contribution in [0.4, 0.5) is 0 Å². The van der Waals surface area contributed by atoms with Gasteiger partial charge in [0.05, 0.1) is 17.1 Å². The van der Waals surface area contributed by atoms with Crippen LogP contribution in [0.25, 0.3) is 10.6 Å². The number of thiazole rings is 1. The second kappa shape index (κ2) is 9.57. The number of amides is 1. The first-order chi connectivity index (χ1) is 12.1. The van der Waals surface area contributed by atoms with Gasteiger partial charge in [0.25, 0.3) is 0 Å². The highest BCUT2D eigenvalue weighted by atomic mass is 35.5. The summed E-state index contributed by atoms with van der Waals surface area (Å²) in [6, 6.07) is 9.21. The molecule has 3 heterocycles. The average Bonchev–Trinajstić information content (AvgIpc) is 3.20. The summed E-state index contributed by atoms with van der Waals surface area (Å²) in [7, 11) is 1.94. The lowest BCUT2D eigenvalue weighted by molar-refractivity contribution is -0.132. The summed E-state index contributed by atoms with van der Waals surface area (Å²) in [6.07, 6.45) is 4.99. The number of carbonyl (C=O) groups excluding carboxylic acids is 1. The number of rotatable bonds is 4. The van der Waals surface area contributed by atoms with Crippen LogP contribution in [0.5, 0.6) is 0 Å². The molecule has 2 aliphatic heterocycles. The van der Waals surface area contributed by atoms with Crippen molar-refractivity contribution < 1.29 is 4.79 Å². The van der Waals surface area contributed by atoms with E-state index in [2.05, 4.69) is 10.3 Å². The Morgan fingerprint density at radius 2 is 1.93 bits per heavy atom. The molecule has 2 bridgehead atoms. The second-order valence-electron chi connectivity index (χ2n) is 7.07. The largest absolute Gasteiger partial charge is 0.342 e. The number of fused-ring (bicyclic) bond motifs is 2. The molecule has 2 aliphatic rings. The van der Waals surface area contributed by atoms with Crippen LogP contribution >= 0.6 is 47.8 Å². The van der Waals surface area contributed by atoms with Gasteiger partial charge in [-0.1, -0.05) is 29.8 Å². The predicted octanol–water partition coefficient (Wildman–Crippen LogP) is 4.59. The van der Waals surface area contributed by atoms with Gasteiger partial charge in [-0.05, 0) is 31.7 Å². The van der Waals surface area contributed by atoms with Crippen molar-refractivity contribution in [2.75, 3.05) is 7.05 Å². The van der Waals surface area contributed by atoms with Gasteiger partial charge in [0.2, 0.25) is 5.91 Å². The molecule has 0 saturated carbocycles. The summed E-state index contributed by atoms with van der Waals surface area (Å²) in [5, 5.41) is 7.16. The molecule has 1 amide bonds. The molecule has 1 N–H and O–H groups in total. The van der Waals surface area contributed by atoms with Gasteiger partial charge >= 0.3 is 0 Å². The third-order valence-corrected chi connectivity index (χ3v) is 6.63. The molecule has 2 aromatic rings. The number of piperidine rings is 1. The van der Waals surface area contributed by atoms with E-state index >= 15 is 0 Å². The summed E-state index contributed by atoms with van der Waals surface area (Å²) in [4.78, 5) is 19.3. The van der Waals surface area contributed by atoms with Gasteiger partial charge < -0.3 is 10.2 Å². The Morgan fingerprint density at radius 1 is 1.26 bits per heavy atom. The van der Waals surface area contributed by atoms with Gasteiger partial charge in [0, 0.05) is 36.1 Å². The van der Waals surface area contributed by atoms with Crippen molar-refractivity contribution in [2.24, 2.45) is 0 Å². The number of benzene rings is 1. The molecule has 4 rings (SSSR count). The summed E-state index contributed by atoms with van der Waals surface area (Å²) in [5.41, 5.74) is 1.75. The van der Waals surface area contributed by atoms with Gasteiger partial charge in [-0.2, -0.15) is 0 Å². The molecule has 0 aliphatic carbocycles. The second-order valence-corrected chi connectivity index (χ2v) is 8.33. The molecular weight excluding hydrogens is 425 g/mol. The summed E-state index contributed by atoms with van der Waals surface area (Å²) < 4.78 is 0. The number of nitrogens with one attached hydrogen (secondary N) is 1. The quantitative estimate of drug-likeness (QED) is 0.744. The van der Waals surface area contributed by atoms with Crippen LogP contribution in [0.2, 0.25) is 5.02 Å². The van der Waals surface area contributed by atoms with E-state index in [0.29, 0.717) is 29.6 Å². The van der Waals surface area contributed by atoms with Gasteiger partial charge in [-0.3, -0.25) is 4.79 Å². The molecule has 2 unspecified atom stereocenters. The Kier molecular flexibility index (Phi) is 7.95. The lowest BCUT2D eigenvalue weighted by Crippen LogP contribution is -2.49. The van der Waals surface area contributed by atoms with Crippen LogP contribution < -0.4 is 5.32 Å². The van der Waals surface area contributed by atoms with Crippen molar-refractivity contribution in [1.82, 2.24) is 15.2 Å². The van der Waals surface area contributed by atoms with Gasteiger partial charge in [0.1, 0.15) is 5.01 Å². The first-order valence-corrected chi connectivity index (χ1v) is 10.1. The molecule has 1 aromatic heterocycles. The van der Waals surface area contributed by atoms with Gasteiger partial charge in [-0.15, -0.1) is 36.2 Å². The maximum atomic E-state index is 12.7. The maximum absolute atomic E-state index is 12.7. The molecule has 1 aromatic carbocycles. The van der Waals surface area contributed by atoms with E-state index in [1.807, 2.05) is 41.6 Å². The first kappa shape index (κ1) is 22.4. The molecule has 2 saturated heterocycles. The van der Waals surface area contributed by atoms with Crippen LogP contribution in [-0.4, -0.2) is 41.0 Å². The average molecular weight is 449 g/mol. The van der Waals surface area contributed by atoms with E-state index in [0.717, 1.165) is 29.1 Å². The standard InChI is InChI=1S/C19H22ClN3OS.2ClH/c1-23(15-8-12-6-7-13(9-15)21-12)18(24)10-14-11-25-19(22-14)16-4-2-3-5-17(16)20;;/h2-5,11-13,15,21H,6-10H2,1H3;2*1H. The third-order valence-electron chi connectivity index (χ3n) is 5.38. The topological polar surface area (TPSA) is 45.2 Å². The Morgan fingerprint density at radius 3 is 2.59 bits per heavy atom. The van der Waals surface area contributed by atoms with E-state index in [-0.39, 0.29) is 30.7 Å². The zero-order chi connectivity index (χ0) is 17.4. The molecular formula is C19H24Cl3N3OS. The fraction of sp³-hybridized carbons (Fsp3) is 0.474. The van der Waals surface area contributed by atoms with Gasteiger partial charge in [-0.25, -0.2) is 4.98 Å². The summed E-state index contributed by atoms with van der Waals surface area (Å²) in [6.45, 7) is 0. The number of carbonyl (C=O) groups is 1. The summed E-state index contributed by atoms with van der Waals surface area (Å²) in [5.74, 6) is 0.155. The van der Waals surface area contributed by atoms with Crippen LogP contribution in [-0.2, 0) is 11.2 Å². The molecule has 148 valence electrons. The molecule has 27 heavy (non-hydrogen) atoms. The highest BCUT2D eigenvalue weighted by molar-refractivity contribution is 7.13. The van der Waals surface area contributed by atoms with Crippen LogP contribution in [0.1, 0.15) is 31.4 Å².